The Morgan fingerprint density at radius 1 is 1.07 bits per heavy atom. The molecule has 2 heterocycles. The molecule has 3 rings (SSSR count). The quantitative estimate of drug-likeness (QED) is 0.736. The van der Waals surface area contributed by atoms with Crippen LogP contribution in [0, 0.1) is 0 Å². The molecular weight excluding hydrogens is 382 g/mol. The van der Waals surface area contributed by atoms with E-state index < -0.39 is 0 Å². The lowest BCUT2D eigenvalue weighted by Gasteiger charge is -2.36. The van der Waals surface area contributed by atoms with Crippen molar-refractivity contribution < 1.29 is 9.59 Å². The van der Waals surface area contributed by atoms with E-state index in [1.807, 2.05) is 23.6 Å². The first-order valence-electron chi connectivity index (χ1n) is 10.8. The van der Waals surface area contributed by atoms with Crippen molar-refractivity contribution in [1.82, 2.24) is 14.7 Å². The van der Waals surface area contributed by atoms with Crippen LogP contribution in [-0.2, 0) is 15.0 Å². The Balaban J connectivity index is 1.61. The minimum Gasteiger partial charge on any atom is -0.340 e. The van der Waals surface area contributed by atoms with Gasteiger partial charge in [-0.1, -0.05) is 52.0 Å². The molecule has 2 saturated heterocycles. The van der Waals surface area contributed by atoms with Crippen LogP contribution in [0.4, 0.5) is 0 Å². The molecule has 5 nitrogen and oxygen atoms in total. The Kier molecular flexibility index (Phi) is 6.94. The first kappa shape index (κ1) is 22.2. The van der Waals surface area contributed by atoms with Gasteiger partial charge in [-0.25, -0.2) is 0 Å². The summed E-state index contributed by atoms with van der Waals surface area (Å²) in [5.74, 6) is 0.475. The number of hydrogen-bond donors (Lipinski definition) is 0. The van der Waals surface area contributed by atoms with Gasteiger partial charge >= 0.3 is 0 Å². The van der Waals surface area contributed by atoms with Crippen LogP contribution in [-0.4, -0.2) is 71.0 Å². The molecule has 0 bridgehead atoms. The lowest BCUT2D eigenvalue weighted by Crippen LogP contribution is -2.50. The van der Waals surface area contributed by atoms with Crippen molar-refractivity contribution in [2.45, 2.75) is 57.1 Å². The number of carbonyl (C=O) groups is 2. The number of hydrogen-bond acceptors (Lipinski definition) is 4. The van der Waals surface area contributed by atoms with Crippen LogP contribution in [0.5, 0.6) is 0 Å². The molecule has 0 aromatic heterocycles. The molecule has 160 valence electrons. The van der Waals surface area contributed by atoms with Crippen molar-refractivity contribution >= 4 is 23.6 Å². The van der Waals surface area contributed by atoms with Gasteiger partial charge in [-0.15, -0.1) is 11.8 Å². The van der Waals surface area contributed by atoms with Crippen molar-refractivity contribution in [3.05, 3.63) is 35.4 Å². The Morgan fingerprint density at radius 3 is 2.24 bits per heavy atom. The van der Waals surface area contributed by atoms with E-state index in [0.29, 0.717) is 6.42 Å². The molecule has 29 heavy (non-hydrogen) atoms. The monoisotopic (exact) mass is 417 g/mol. The minimum absolute atomic E-state index is 0.00122. The van der Waals surface area contributed by atoms with Gasteiger partial charge < -0.3 is 9.80 Å². The second-order valence-electron chi connectivity index (χ2n) is 9.11. The van der Waals surface area contributed by atoms with E-state index in [1.165, 1.54) is 11.1 Å². The van der Waals surface area contributed by atoms with Crippen LogP contribution in [0.3, 0.4) is 0 Å². The number of carbonyl (C=O) groups excluding carboxylic acids is 2. The molecule has 6 heteroatoms. The molecule has 1 aromatic carbocycles. The molecule has 0 aliphatic carbocycles. The summed E-state index contributed by atoms with van der Waals surface area (Å²) in [6.07, 6.45) is 0.576. The smallest absolute Gasteiger partial charge is 0.236 e. The second kappa shape index (κ2) is 9.09. The molecule has 2 fully saturated rings. The van der Waals surface area contributed by atoms with Gasteiger partial charge in [-0.05, 0) is 23.5 Å². The zero-order valence-corrected chi connectivity index (χ0v) is 19.3. The Labute approximate surface area is 179 Å². The van der Waals surface area contributed by atoms with Crippen molar-refractivity contribution in [3.63, 3.8) is 0 Å². The summed E-state index contributed by atoms with van der Waals surface area (Å²) in [6, 6.07) is 8.77. The van der Waals surface area contributed by atoms with Crippen LogP contribution in [0.15, 0.2) is 24.3 Å². The van der Waals surface area contributed by atoms with Crippen LogP contribution in [0.25, 0.3) is 0 Å². The van der Waals surface area contributed by atoms with Gasteiger partial charge in [-0.2, -0.15) is 0 Å². The second-order valence-corrected chi connectivity index (χ2v) is 10.5. The molecule has 1 aromatic rings. The van der Waals surface area contributed by atoms with Gasteiger partial charge in [0.15, 0.2) is 0 Å². The highest BCUT2D eigenvalue weighted by Crippen LogP contribution is 2.43. The minimum atomic E-state index is 0.00122. The maximum absolute atomic E-state index is 12.8. The third kappa shape index (κ3) is 5.15. The van der Waals surface area contributed by atoms with E-state index in [1.54, 1.807) is 11.8 Å². The van der Waals surface area contributed by atoms with E-state index in [0.717, 1.165) is 39.3 Å². The fourth-order valence-electron chi connectivity index (χ4n) is 4.00. The summed E-state index contributed by atoms with van der Waals surface area (Å²) in [4.78, 5) is 31.0. The highest BCUT2D eigenvalue weighted by Gasteiger charge is 2.38. The van der Waals surface area contributed by atoms with E-state index in [9.17, 15) is 9.59 Å². The molecule has 0 spiro atoms. The van der Waals surface area contributed by atoms with Gasteiger partial charge in [0.2, 0.25) is 11.8 Å². The predicted octanol–water partition coefficient (Wildman–Crippen LogP) is 3.50. The molecule has 0 N–H and O–H groups in total. The molecule has 2 amide bonds. The number of piperazine rings is 1. The van der Waals surface area contributed by atoms with Crippen molar-refractivity contribution in [3.8, 4) is 0 Å². The molecule has 2 aliphatic rings. The number of benzene rings is 1. The number of amides is 2. The Hall–Kier alpha value is -1.53. The topological polar surface area (TPSA) is 43.9 Å². The molecule has 0 unspecified atom stereocenters. The normalized spacial score (nSPS) is 23.7. The summed E-state index contributed by atoms with van der Waals surface area (Å²) >= 11 is 1.75. The molecular formula is C23H35N3O2S. The van der Waals surface area contributed by atoms with E-state index >= 15 is 0 Å². The van der Waals surface area contributed by atoms with Crippen LogP contribution in [0.1, 0.15) is 57.5 Å². The van der Waals surface area contributed by atoms with Gasteiger partial charge in [0.1, 0.15) is 5.37 Å². The van der Waals surface area contributed by atoms with Crippen LogP contribution in [0.2, 0.25) is 0 Å². The third-order valence-electron chi connectivity index (χ3n) is 5.99. The summed E-state index contributed by atoms with van der Waals surface area (Å²) in [6.45, 7) is 15.6. The summed E-state index contributed by atoms with van der Waals surface area (Å²) < 4.78 is 0. The maximum atomic E-state index is 12.8. The van der Waals surface area contributed by atoms with Gasteiger partial charge in [0.25, 0.3) is 0 Å². The SMILES string of the molecule is CCC(=O)N1CCN(CCN2C(=O)[C@H](C)S[C@H]2c2ccc(C(C)(C)C)cc2)CC1. The molecule has 2 atom stereocenters. The lowest BCUT2D eigenvalue weighted by molar-refractivity contribution is -0.132. The van der Waals surface area contributed by atoms with Gasteiger partial charge in [0.05, 0.1) is 5.25 Å². The predicted molar refractivity (Wildman–Crippen MR) is 120 cm³/mol. The first-order valence-corrected chi connectivity index (χ1v) is 11.7. The molecule has 0 saturated carbocycles. The van der Waals surface area contributed by atoms with Crippen LogP contribution < -0.4 is 0 Å². The summed E-state index contributed by atoms with van der Waals surface area (Å²) in [5.41, 5.74) is 2.65. The largest absolute Gasteiger partial charge is 0.340 e. The average Bonchev–Trinajstić information content (AvgIpc) is 2.99. The summed E-state index contributed by atoms with van der Waals surface area (Å²) in [7, 11) is 0. The maximum Gasteiger partial charge on any atom is 0.236 e. The van der Waals surface area contributed by atoms with E-state index in [2.05, 4.69) is 49.9 Å². The summed E-state index contributed by atoms with van der Waals surface area (Å²) in [5, 5.41) is 0.0933. The Bertz CT molecular complexity index is 721. The number of nitrogens with zero attached hydrogens (tertiary/aromatic N) is 3. The zero-order valence-electron chi connectivity index (χ0n) is 18.5. The van der Waals surface area contributed by atoms with Crippen molar-refractivity contribution in [2.75, 3.05) is 39.3 Å². The van der Waals surface area contributed by atoms with Crippen molar-refractivity contribution in [1.29, 1.82) is 0 Å². The number of thioether (sulfide) groups is 1. The van der Waals surface area contributed by atoms with Crippen LogP contribution >= 0.6 is 11.8 Å². The molecule has 2 aliphatic heterocycles. The molecule has 0 radical (unpaired) electrons. The van der Waals surface area contributed by atoms with Crippen molar-refractivity contribution in [2.24, 2.45) is 0 Å². The number of rotatable bonds is 5. The van der Waals surface area contributed by atoms with Gasteiger partial charge in [0, 0.05) is 45.7 Å². The third-order valence-corrected chi connectivity index (χ3v) is 7.39. The van der Waals surface area contributed by atoms with Gasteiger partial charge in [-0.3, -0.25) is 14.5 Å². The van der Waals surface area contributed by atoms with E-state index in [-0.39, 0.29) is 27.9 Å². The fraction of sp³-hybridized carbons (Fsp3) is 0.652. The zero-order chi connectivity index (χ0) is 21.2. The average molecular weight is 418 g/mol. The standard InChI is InChI=1S/C23H35N3O2S/c1-6-20(27)25-14-11-24(12-15-25)13-16-26-21(28)17(2)29-22(26)18-7-9-19(10-8-18)23(3,4)5/h7-10,17,22H,6,11-16H2,1-5H3/t17-,22-/m0/s1. The first-order chi connectivity index (χ1) is 13.7. The highest BCUT2D eigenvalue weighted by molar-refractivity contribution is 8.01. The Morgan fingerprint density at radius 2 is 1.69 bits per heavy atom. The fourth-order valence-corrected chi connectivity index (χ4v) is 5.31. The lowest BCUT2D eigenvalue weighted by atomic mass is 9.86. The highest BCUT2D eigenvalue weighted by atomic mass is 32.2. The van der Waals surface area contributed by atoms with E-state index in [4.69, 9.17) is 0 Å².